The maximum Gasteiger partial charge on any atom is 0.228 e. The number of benzene rings is 1. The molecule has 0 atom stereocenters. The molecule has 6 heteroatoms. The van der Waals surface area contributed by atoms with E-state index in [1.807, 2.05) is 77.9 Å². The predicted octanol–water partition coefficient (Wildman–Crippen LogP) is 4.95. The number of hydrogen-bond acceptors (Lipinski definition) is 3. The highest BCUT2D eigenvalue weighted by Crippen LogP contribution is 2.27. The van der Waals surface area contributed by atoms with Crippen molar-refractivity contribution < 1.29 is 4.79 Å². The third-order valence-corrected chi connectivity index (χ3v) is 5.43. The van der Waals surface area contributed by atoms with E-state index in [-0.39, 0.29) is 12.3 Å². The first-order valence-corrected chi connectivity index (χ1v) is 10.3. The van der Waals surface area contributed by atoms with Gasteiger partial charge in [0.1, 0.15) is 5.65 Å². The highest BCUT2D eigenvalue weighted by molar-refractivity contribution is 6.30. The summed E-state index contributed by atoms with van der Waals surface area (Å²) in [6.07, 6.45) is 5.75. The second kappa shape index (κ2) is 8.67. The molecule has 30 heavy (non-hydrogen) atoms. The Morgan fingerprint density at radius 3 is 2.53 bits per heavy atom. The third-order valence-electron chi connectivity index (χ3n) is 5.17. The van der Waals surface area contributed by atoms with Crippen molar-refractivity contribution in [3.05, 3.63) is 89.0 Å². The van der Waals surface area contributed by atoms with Crippen LogP contribution in [0, 0.1) is 6.92 Å². The van der Waals surface area contributed by atoms with Gasteiger partial charge in [0.15, 0.2) is 0 Å². The Morgan fingerprint density at radius 1 is 1.10 bits per heavy atom. The van der Waals surface area contributed by atoms with Gasteiger partial charge in [0.05, 0.1) is 17.8 Å². The maximum atomic E-state index is 13.2. The molecular weight excluding hydrogens is 396 g/mol. The zero-order valence-electron chi connectivity index (χ0n) is 17.0. The Morgan fingerprint density at radius 2 is 1.83 bits per heavy atom. The number of aromatic nitrogens is 3. The fraction of sp³-hybridized carbons (Fsp3) is 0.208. The lowest BCUT2D eigenvalue weighted by Gasteiger charge is -2.21. The number of pyridine rings is 2. The molecule has 0 bridgehead atoms. The number of likely N-dealkylation sites (N-methyl/N-ethyl adjacent to an activating group) is 1. The number of nitrogens with zero attached hydrogens (tertiary/aromatic N) is 4. The van der Waals surface area contributed by atoms with Gasteiger partial charge in [-0.25, -0.2) is 4.98 Å². The van der Waals surface area contributed by atoms with E-state index < -0.39 is 0 Å². The number of aryl methyl sites for hydroxylation is 1. The summed E-state index contributed by atoms with van der Waals surface area (Å²) in [6.45, 7) is 5.23. The molecule has 0 N–H and O–H groups in total. The first-order valence-electron chi connectivity index (χ1n) is 9.95. The van der Waals surface area contributed by atoms with Crippen LogP contribution in [0.1, 0.15) is 23.7 Å². The zero-order chi connectivity index (χ0) is 21.1. The first kappa shape index (κ1) is 20.1. The summed E-state index contributed by atoms with van der Waals surface area (Å²) in [5.41, 5.74) is 5.66. The van der Waals surface area contributed by atoms with Crippen molar-refractivity contribution in [3.8, 4) is 11.3 Å². The van der Waals surface area contributed by atoms with Gasteiger partial charge in [0, 0.05) is 42.3 Å². The van der Waals surface area contributed by atoms with Gasteiger partial charge in [-0.05, 0) is 61.4 Å². The summed E-state index contributed by atoms with van der Waals surface area (Å²) < 4.78 is 2.01. The zero-order valence-corrected chi connectivity index (χ0v) is 17.8. The van der Waals surface area contributed by atoms with E-state index in [1.54, 1.807) is 12.4 Å². The van der Waals surface area contributed by atoms with Gasteiger partial charge in [-0.1, -0.05) is 23.7 Å². The molecule has 4 rings (SSSR count). The Labute approximate surface area is 181 Å². The molecule has 0 fully saturated rings. The Hall–Kier alpha value is -3.18. The SMILES string of the molecule is CCN(Cc1ccncc1)C(=O)Cc1c(-c2ccc(Cl)cc2)nc2cc(C)ccn12. The molecule has 4 aromatic rings. The molecule has 0 aliphatic heterocycles. The van der Waals surface area contributed by atoms with Crippen LogP contribution in [0.3, 0.4) is 0 Å². The van der Waals surface area contributed by atoms with Crippen molar-refractivity contribution in [1.82, 2.24) is 19.3 Å². The lowest BCUT2D eigenvalue weighted by molar-refractivity contribution is -0.130. The van der Waals surface area contributed by atoms with Gasteiger partial charge < -0.3 is 9.30 Å². The summed E-state index contributed by atoms with van der Waals surface area (Å²) in [6, 6.07) is 15.5. The highest BCUT2D eigenvalue weighted by atomic mass is 35.5. The summed E-state index contributed by atoms with van der Waals surface area (Å²) >= 11 is 6.07. The van der Waals surface area contributed by atoms with Crippen molar-refractivity contribution in [2.75, 3.05) is 6.54 Å². The number of fused-ring (bicyclic) bond motifs is 1. The molecule has 0 aliphatic carbocycles. The third kappa shape index (κ3) is 4.21. The van der Waals surface area contributed by atoms with Crippen LogP contribution in [-0.2, 0) is 17.8 Å². The monoisotopic (exact) mass is 418 g/mol. The number of imidazole rings is 1. The number of halogens is 1. The van der Waals surface area contributed by atoms with E-state index in [1.165, 1.54) is 0 Å². The normalized spacial score (nSPS) is 11.0. The molecule has 152 valence electrons. The van der Waals surface area contributed by atoms with Crippen LogP contribution in [0.4, 0.5) is 0 Å². The fourth-order valence-corrected chi connectivity index (χ4v) is 3.67. The van der Waals surface area contributed by atoms with Crippen LogP contribution in [0.2, 0.25) is 5.02 Å². The summed E-state index contributed by atoms with van der Waals surface area (Å²) in [7, 11) is 0. The minimum Gasteiger partial charge on any atom is -0.338 e. The molecule has 1 amide bonds. The van der Waals surface area contributed by atoms with Gasteiger partial charge in [-0.15, -0.1) is 0 Å². The topological polar surface area (TPSA) is 50.5 Å². The van der Waals surface area contributed by atoms with Gasteiger partial charge in [0.25, 0.3) is 0 Å². The molecule has 5 nitrogen and oxygen atoms in total. The minimum atomic E-state index is 0.0619. The molecular formula is C24H23ClN4O. The first-order chi connectivity index (χ1) is 14.5. The van der Waals surface area contributed by atoms with Crippen LogP contribution in [0.5, 0.6) is 0 Å². The number of carbonyl (C=O) groups excluding carboxylic acids is 1. The second-order valence-electron chi connectivity index (χ2n) is 7.29. The van der Waals surface area contributed by atoms with Crippen LogP contribution in [0.15, 0.2) is 67.1 Å². The smallest absolute Gasteiger partial charge is 0.228 e. The van der Waals surface area contributed by atoms with Gasteiger partial charge in [0.2, 0.25) is 5.91 Å². The van der Waals surface area contributed by atoms with E-state index >= 15 is 0 Å². The van der Waals surface area contributed by atoms with Crippen molar-refractivity contribution in [3.63, 3.8) is 0 Å². The molecule has 1 aromatic carbocycles. The number of carbonyl (C=O) groups is 1. The van der Waals surface area contributed by atoms with Crippen LogP contribution in [-0.4, -0.2) is 31.7 Å². The van der Waals surface area contributed by atoms with E-state index in [0.29, 0.717) is 18.1 Å². The summed E-state index contributed by atoms with van der Waals surface area (Å²) in [4.78, 5) is 24.0. The van der Waals surface area contributed by atoms with Crippen molar-refractivity contribution in [1.29, 1.82) is 0 Å². The van der Waals surface area contributed by atoms with Crippen molar-refractivity contribution in [2.24, 2.45) is 0 Å². The average Bonchev–Trinajstić information content (AvgIpc) is 3.10. The lowest BCUT2D eigenvalue weighted by atomic mass is 10.1. The Kier molecular flexibility index (Phi) is 5.81. The second-order valence-corrected chi connectivity index (χ2v) is 7.72. The quantitative estimate of drug-likeness (QED) is 0.445. The van der Waals surface area contributed by atoms with Crippen LogP contribution < -0.4 is 0 Å². The number of rotatable bonds is 6. The predicted molar refractivity (Wildman–Crippen MR) is 119 cm³/mol. The maximum absolute atomic E-state index is 13.2. The van der Waals surface area contributed by atoms with Crippen molar-refractivity contribution in [2.45, 2.75) is 26.8 Å². The Bertz CT molecular complexity index is 1170. The average molecular weight is 419 g/mol. The van der Waals surface area contributed by atoms with E-state index in [0.717, 1.165) is 33.7 Å². The van der Waals surface area contributed by atoms with E-state index in [4.69, 9.17) is 16.6 Å². The molecule has 0 saturated carbocycles. The van der Waals surface area contributed by atoms with Gasteiger partial charge in [-0.2, -0.15) is 0 Å². The molecule has 0 radical (unpaired) electrons. The highest BCUT2D eigenvalue weighted by Gasteiger charge is 2.20. The van der Waals surface area contributed by atoms with Gasteiger partial charge >= 0.3 is 0 Å². The molecule has 0 aliphatic rings. The minimum absolute atomic E-state index is 0.0619. The largest absolute Gasteiger partial charge is 0.338 e. The standard InChI is InChI=1S/C24H23ClN4O/c1-3-28(16-18-8-11-26-12-9-18)23(30)15-21-24(19-4-6-20(25)7-5-19)27-22-14-17(2)10-13-29(21)22/h4-14H,3,15-16H2,1-2H3. The summed E-state index contributed by atoms with van der Waals surface area (Å²) in [5, 5.41) is 0.672. The van der Waals surface area contributed by atoms with Crippen LogP contribution >= 0.6 is 11.6 Å². The lowest BCUT2D eigenvalue weighted by Crippen LogP contribution is -2.32. The number of amides is 1. The summed E-state index contributed by atoms with van der Waals surface area (Å²) in [5.74, 6) is 0.0619. The fourth-order valence-electron chi connectivity index (χ4n) is 3.55. The number of hydrogen-bond donors (Lipinski definition) is 0. The molecule has 0 spiro atoms. The Balaban J connectivity index is 1.70. The van der Waals surface area contributed by atoms with E-state index in [2.05, 4.69) is 4.98 Å². The van der Waals surface area contributed by atoms with Gasteiger partial charge in [-0.3, -0.25) is 9.78 Å². The van der Waals surface area contributed by atoms with Crippen molar-refractivity contribution >= 4 is 23.2 Å². The molecule has 3 heterocycles. The molecule has 0 saturated heterocycles. The molecule has 0 unspecified atom stereocenters. The van der Waals surface area contributed by atoms with E-state index in [9.17, 15) is 4.79 Å². The van der Waals surface area contributed by atoms with Crippen LogP contribution in [0.25, 0.3) is 16.9 Å². The molecule has 3 aromatic heterocycles.